The van der Waals surface area contributed by atoms with Gasteiger partial charge >= 0.3 is 0 Å². The lowest BCUT2D eigenvalue weighted by molar-refractivity contribution is -0.141. The summed E-state index contributed by atoms with van der Waals surface area (Å²) in [5, 5.41) is 1.38. The highest BCUT2D eigenvalue weighted by atomic mass is 35.5. The van der Waals surface area contributed by atoms with E-state index in [0.717, 1.165) is 52.1 Å². The van der Waals surface area contributed by atoms with Crippen molar-refractivity contribution in [2.75, 3.05) is 52.4 Å². The van der Waals surface area contributed by atoms with Crippen LogP contribution in [-0.2, 0) is 19.2 Å². The molecule has 36 heavy (non-hydrogen) atoms. The van der Waals surface area contributed by atoms with Crippen LogP contribution in [0.2, 0.25) is 0 Å². The number of hydrogen-bond acceptors (Lipinski definition) is 6. The molecule has 3 fully saturated rings. The Morgan fingerprint density at radius 2 is 0.944 bits per heavy atom. The van der Waals surface area contributed by atoms with Crippen molar-refractivity contribution in [3.8, 4) is 0 Å². The van der Waals surface area contributed by atoms with Crippen LogP contribution in [0.25, 0.3) is 0 Å². The van der Waals surface area contributed by atoms with Gasteiger partial charge in [0.2, 0.25) is 23.6 Å². The van der Waals surface area contributed by atoms with Crippen molar-refractivity contribution in [3.05, 3.63) is 22.2 Å². The lowest BCUT2D eigenvalue weighted by Gasteiger charge is -2.35. The number of piperazine rings is 1. The predicted octanol–water partition coefficient (Wildman–Crippen LogP) is 2.42. The second-order valence-electron chi connectivity index (χ2n) is 10.7. The first-order valence-corrected chi connectivity index (χ1v) is 13.9. The molecule has 0 spiro atoms. The van der Waals surface area contributed by atoms with E-state index in [4.69, 9.17) is 23.2 Å². The second kappa shape index (κ2) is 10.9. The molecule has 3 saturated heterocycles. The van der Waals surface area contributed by atoms with Crippen LogP contribution in [0.1, 0.15) is 38.5 Å². The van der Waals surface area contributed by atoms with Gasteiger partial charge in [0.05, 0.1) is 23.7 Å². The van der Waals surface area contributed by atoms with E-state index in [2.05, 4.69) is 9.80 Å². The molecule has 0 N–H and O–H groups in total. The van der Waals surface area contributed by atoms with Crippen LogP contribution < -0.4 is 0 Å². The summed E-state index contributed by atoms with van der Waals surface area (Å²) in [6.07, 6.45) is 7.41. The zero-order valence-electron chi connectivity index (χ0n) is 20.5. The number of fused-ring (bicyclic) bond motifs is 2. The van der Waals surface area contributed by atoms with Crippen LogP contribution in [0.4, 0.5) is 0 Å². The smallest absolute Gasteiger partial charge is 0.233 e. The molecule has 4 atom stereocenters. The minimum Gasteiger partial charge on any atom is -0.301 e. The maximum atomic E-state index is 12.7. The van der Waals surface area contributed by atoms with Gasteiger partial charge in [-0.25, -0.2) is 0 Å². The number of likely N-dealkylation sites (tertiary alicyclic amines) is 2. The molecule has 0 radical (unpaired) electrons. The molecule has 5 rings (SSSR count). The SMILES string of the molecule is O=C1[C@H]2CC=C(Cl)C[C@@H]2C(=O)N1CCCN1CCN(CCCN2C(=O)[C@H]3CC=C(Cl)C[C@H]3C2=O)CC1. The summed E-state index contributed by atoms with van der Waals surface area (Å²) in [6.45, 7) is 6.40. The van der Waals surface area contributed by atoms with E-state index in [1.807, 2.05) is 12.2 Å². The van der Waals surface area contributed by atoms with Gasteiger partial charge in [-0.05, 0) is 51.6 Å². The van der Waals surface area contributed by atoms with Crippen LogP contribution >= 0.6 is 23.2 Å². The van der Waals surface area contributed by atoms with Crippen molar-refractivity contribution in [1.82, 2.24) is 19.6 Å². The lowest BCUT2D eigenvalue weighted by Crippen LogP contribution is -2.47. The van der Waals surface area contributed by atoms with Crippen LogP contribution in [0.15, 0.2) is 22.2 Å². The quantitative estimate of drug-likeness (QED) is 0.443. The molecule has 3 aliphatic heterocycles. The van der Waals surface area contributed by atoms with Crippen molar-refractivity contribution in [2.45, 2.75) is 38.5 Å². The minimum absolute atomic E-state index is 0.0381. The van der Waals surface area contributed by atoms with Crippen LogP contribution in [0.5, 0.6) is 0 Å². The number of nitrogens with zero attached hydrogens (tertiary/aromatic N) is 4. The molecule has 8 nitrogen and oxygen atoms in total. The minimum atomic E-state index is -0.275. The van der Waals surface area contributed by atoms with Gasteiger partial charge < -0.3 is 9.80 Å². The van der Waals surface area contributed by atoms with Gasteiger partial charge in [-0.2, -0.15) is 0 Å². The topological polar surface area (TPSA) is 81.2 Å². The molecule has 3 heterocycles. The largest absolute Gasteiger partial charge is 0.301 e. The van der Waals surface area contributed by atoms with Gasteiger partial charge in [-0.1, -0.05) is 35.4 Å². The van der Waals surface area contributed by atoms with Gasteiger partial charge in [0.25, 0.3) is 0 Å². The monoisotopic (exact) mass is 536 g/mol. The fraction of sp³-hybridized carbons (Fsp3) is 0.692. The maximum absolute atomic E-state index is 12.7. The zero-order chi connectivity index (χ0) is 25.4. The Balaban J connectivity index is 0.987. The Morgan fingerprint density at radius 3 is 1.33 bits per heavy atom. The summed E-state index contributed by atoms with van der Waals surface area (Å²) >= 11 is 12.2. The summed E-state index contributed by atoms with van der Waals surface area (Å²) in [4.78, 5) is 58.4. The Hall–Kier alpha value is -1.74. The number of imide groups is 2. The number of amides is 4. The second-order valence-corrected chi connectivity index (χ2v) is 11.6. The highest BCUT2D eigenvalue weighted by molar-refractivity contribution is 6.30. The average Bonchev–Trinajstić information content (AvgIpc) is 3.24. The van der Waals surface area contributed by atoms with Crippen molar-refractivity contribution in [2.24, 2.45) is 23.7 Å². The first kappa shape index (κ1) is 25.9. The Kier molecular flexibility index (Phi) is 7.86. The number of halogens is 2. The molecule has 10 heteroatoms. The number of carbonyl (C=O) groups excluding carboxylic acids is 4. The van der Waals surface area contributed by atoms with Crippen LogP contribution in [-0.4, -0.2) is 95.6 Å². The van der Waals surface area contributed by atoms with Gasteiger partial charge in [-0.15, -0.1) is 0 Å². The third kappa shape index (κ3) is 5.15. The molecule has 0 unspecified atom stereocenters. The Labute approximate surface area is 222 Å². The average molecular weight is 537 g/mol. The third-order valence-corrected chi connectivity index (χ3v) is 9.11. The molecule has 0 bridgehead atoms. The van der Waals surface area contributed by atoms with Gasteiger partial charge in [-0.3, -0.25) is 29.0 Å². The standard InChI is InChI=1S/C26H34Cl2N4O4/c27-17-3-5-19-21(15-17)25(35)31(23(19)33)9-1-7-29-11-13-30(14-12-29)8-2-10-32-24(34)20-6-4-18(28)16-22(20)26(32)36/h3-4,19-22H,1-2,5-16H2/t19-,20-,21-,22+/m0/s1. The number of carbonyl (C=O) groups is 4. The highest BCUT2D eigenvalue weighted by Gasteiger charge is 2.49. The molecular formula is C26H34Cl2N4O4. The highest BCUT2D eigenvalue weighted by Crippen LogP contribution is 2.40. The van der Waals surface area contributed by atoms with Crippen LogP contribution in [0.3, 0.4) is 0 Å². The number of allylic oxidation sites excluding steroid dienone is 4. The normalized spacial score (nSPS) is 31.6. The van der Waals surface area contributed by atoms with Crippen molar-refractivity contribution < 1.29 is 19.2 Å². The first-order chi connectivity index (χ1) is 17.3. The molecule has 0 saturated carbocycles. The third-order valence-electron chi connectivity index (χ3n) is 8.50. The molecular weight excluding hydrogens is 503 g/mol. The van der Waals surface area contributed by atoms with E-state index in [1.165, 1.54) is 9.80 Å². The Bertz CT molecular complexity index is 912. The van der Waals surface area contributed by atoms with E-state index in [-0.39, 0.29) is 47.3 Å². The maximum Gasteiger partial charge on any atom is 0.233 e. The van der Waals surface area contributed by atoms with Crippen LogP contribution in [0, 0.1) is 23.7 Å². The molecule has 2 aliphatic carbocycles. The summed E-state index contributed by atoms with van der Waals surface area (Å²) in [5.74, 6) is -1.20. The summed E-state index contributed by atoms with van der Waals surface area (Å²) < 4.78 is 0. The van der Waals surface area contributed by atoms with Gasteiger partial charge in [0, 0.05) is 49.3 Å². The van der Waals surface area contributed by atoms with E-state index < -0.39 is 0 Å². The lowest BCUT2D eigenvalue weighted by atomic mass is 9.85. The fourth-order valence-electron chi connectivity index (χ4n) is 6.37. The fourth-order valence-corrected chi connectivity index (χ4v) is 6.88. The molecule has 4 amide bonds. The molecule has 0 aromatic carbocycles. The first-order valence-electron chi connectivity index (χ1n) is 13.2. The van der Waals surface area contributed by atoms with Crippen molar-refractivity contribution in [3.63, 3.8) is 0 Å². The predicted molar refractivity (Wildman–Crippen MR) is 136 cm³/mol. The molecule has 0 aromatic rings. The van der Waals surface area contributed by atoms with Crippen molar-refractivity contribution in [1.29, 1.82) is 0 Å². The van der Waals surface area contributed by atoms with Crippen molar-refractivity contribution >= 4 is 46.8 Å². The van der Waals surface area contributed by atoms with E-state index in [0.29, 0.717) is 48.8 Å². The van der Waals surface area contributed by atoms with Gasteiger partial charge in [0.15, 0.2) is 0 Å². The molecule has 5 aliphatic rings. The number of rotatable bonds is 8. The summed E-state index contributed by atoms with van der Waals surface area (Å²) in [5.41, 5.74) is 0. The molecule has 196 valence electrons. The van der Waals surface area contributed by atoms with E-state index in [1.54, 1.807) is 0 Å². The summed E-state index contributed by atoms with van der Waals surface area (Å²) in [6, 6.07) is 0. The molecule has 0 aromatic heterocycles. The van der Waals surface area contributed by atoms with Gasteiger partial charge in [0.1, 0.15) is 0 Å². The van der Waals surface area contributed by atoms with E-state index >= 15 is 0 Å². The zero-order valence-corrected chi connectivity index (χ0v) is 22.1. The van der Waals surface area contributed by atoms with E-state index in [9.17, 15) is 19.2 Å². The number of hydrogen-bond donors (Lipinski definition) is 0. The summed E-state index contributed by atoms with van der Waals surface area (Å²) in [7, 11) is 0. The Morgan fingerprint density at radius 1 is 0.583 bits per heavy atom.